The van der Waals surface area contributed by atoms with Gasteiger partial charge in [-0.05, 0) is 32.6 Å². The maximum Gasteiger partial charge on any atom is 0.326 e. The molecule has 2 unspecified atom stereocenters. The molecular formula is C46H85N3O10. The predicted octanol–water partition coefficient (Wildman–Crippen LogP) is 9.06. The molecule has 0 aliphatic heterocycles. The smallest absolute Gasteiger partial charge is 0.326 e. The van der Waals surface area contributed by atoms with E-state index >= 15 is 0 Å². The summed E-state index contributed by atoms with van der Waals surface area (Å²) in [5.41, 5.74) is 0. The highest BCUT2D eigenvalue weighted by Gasteiger charge is 2.30. The van der Waals surface area contributed by atoms with E-state index in [2.05, 4.69) is 29.8 Å². The molecule has 344 valence electrons. The van der Waals surface area contributed by atoms with Gasteiger partial charge in [0.1, 0.15) is 18.2 Å². The fraction of sp³-hybridized carbons (Fsp3) is 0.870. The molecule has 0 fully saturated rings. The standard InChI is InChI=1S/C46H85N3O10/c1-4-6-8-10-12-14-16-18-20-22-24-26-28-30-38(59-43(55)31-29-27-25-23-21-19-17-15-13-11-9-7-5-2)36-41(52)47-35-34-40(51)49-44(37(3)50)45(56)48-39(46(57)58)32-33-42(53)54/h37-39,44,50H,4-36H2,1-3H3,(H,47,52)(H,48,56)(H,49,51)(H,53,54)(H,57,58)/t37?,38?,39-,44-/m0/s1. The Morgan fingerprint density at radius 3 is 1.39 bits per heavy atom. The molecule has 0 aromatic carbocycles. The molecule has 0 heterocycles. The van der Waals surface area contributed by atoms with E-state index in [1.165, 1.54) is 135 Å². The number of aliphatic hydroxyl groups is 1. The summed E-state index contributed by atoms with van der Waals surface area (Å²) in [5.74, 6) is -5.00. The van der Waals surface area contributed by atoms with E-state index in [1.807, 2.05) is 0 Å². The minimum Gasteiger partial charge on any atom is -0.481 e. The van der Waals surface area contributed by atoms with Crippen LogP contribution < -0.4 is 16.0 Å². The number of aliphatic hydroxyl groups excluding tert-OH is 1. The molecule has 0 aliphatic carbocycles. The maximum atomic E-state index is 12.9. The molecule has 0 aliphatic rings. The van der Waals surface area contributed by atoms with Gasteiger partial charge in [0.05, 0.1) is 12.5 Å². The predicted molar refractivity (Wildman–Crippen MR) is 233 cm³/mol. The Labute approximate surface area is 356 Å². The fourth-order valence-corrected chi connectivity index (χ4v) is 7.16. The van der Waals surface area contributed by atoms with E-state index in [4.69, 9.17) is 9.84 Å². The highest BCUT2D eigenvalue weighted by atomic mass is 16.5. The lowest BCUT2D eigenvalue weighted by molar-refractivity contribution is -0.151. The van der Waals surface area contributed by atoms with Crippen LogP contribution in [0.15, 0.2) is 0 Å². The molecule has 59 heavy (non-hydrogen) atoms. The molecule has 0 aromatic rings. The summed E-state index contributed by atoms with van der Waals surface area (Å²) in [6.07, 6.45) is 29.4. The average molecular weight is 840 g/mol. The molecule has 0 bridgehead atoms. The summed E-state index contributed by atoms with van der Waals surface area (Å²) in [4.78, 5) is 73.4. The Bertz CT molecular complexity index is 1120. The summed E-state index contributed by atoms with van der Waals surface area (Å²) in [7, 11) is 0. The van der Waals surface area contributed by atoms with Gasteiger partial charge >= 0.3 is 17.9 Å². The second kappa shape index (κ2) is 38.9. The van der Waals surface area contributed by atoms with Crippen LogP contribution in [0.4, 0.5) is 0 Å². The molecule has 0 radical (unpaired) electrons. The quantitative estimate of drug-likeness (QED) is 0.0254. The van der Waals surface area contributed by atoms with Crippen LogP contribution in [0.25, 0.3) is 0 Å². The summed E-state index contributed by atoms with van der Waals surface area (Å²) in [6, 6.07) is -3.02. The van der Waals surface area contributed by atoms with Crippen molar-refractivity contribution in [2.24, 2.45) is 0 Å². The van der Waals surface area contributed by atoms with Crippen LogP contribution in [-0.2, 0) is 33.5 Å². The van der Waals surface area contributed by atoms with E-state index < -0.39 is 54.5 Å². The Balaban J connectivity index is 4.80. The van der Waals surface area contributed by atoms with Gasteiger partial charge in [-0.2, -0.15) is 0 Å². The number of carboxylic acid groups (broad SMARTS) is 2. The SMILES string of the molecule is CCCCCCCCCCCCCCCC(=O)OC(CCCCCCCCCCCCCCC)CC(=O)NCCC(=O)N[C@H](C(=O)N[C@@H](CCC(=O)O)C(=O)O)C(C)O. The Morgan fingerprint density at radius 1 is 0.525 bits per heavy atom. The van der Waals surface area contributed by atoms with Gasteiger partial charge in [0.15, 0.2) is 0 Å². The minimum atomic E-state index is -1.52. The molecule has 0 spiro atoms. The summed E-state index contributed by atoms with van der Waals surface area (Å²) >= 11 is 0. The summed E-state index contributed by atoms with van der Waals surface area (Å²) < 4.78 is 5.82. The van der Waals surface area contributed by atoms with Crippen LogP contribution in [0.5, 0.6) is 0 Å². The van der Waals surface area contributed by atoms with E-state index in [1.54, 1.807) is 0 Å². The first-order chi connectivity index (χ1) is 28.4. The monoisotopic (exact) mass is 840 g/mol. The molecule has 0 saturated carbocycles. The molecule has 3 amide bonds. The largest absolute Gasteiger partial charge is 0.481 e. The zero-order valence-corrected chi connectivity index (χ0v) is 37.3. The van der Waals surface area contributed by atoms with Crippen molar-refractivity contribution in [1.82, 2.24) is 16.0 Å². The van der Waals surface area contributed by atoms with Gasteiger partial charge in [0, 0.05) is 25.8 Å². The molecule has 0 aromatic heterocycles. The first kappa shape index (κ1) is 55.8. The van der Waals surface area contributed by atoms with Crippen LogP contribution in [0.1, 0.15) is 226 Å². The number of aliphatic carboxylic acids is 2. The number of amides is 3. The topological polar surface area (TPSA) is 208 Å². The first-order valence-corrected chi connectivity index (χ1v) is 23.6. The van der Waals surface area contributed by atoms with E-state index in [9.17, 15) is 39.0 Å². The van der Waals surface area contributed by atoms with Crippen LogP contribution in [0.3, 0.4) is 0 Å². The number of ether oxygens (including phenoxy) is 1. The second-order valence-electron chi connectivity index (χ2n) is 16.6. The fourth-order valence-electron chi connectivity index (χ4n) is 7.16. The minimum absolute atomic E-state index is 0.0319. The van der Waals surface area contributed by atoms with E-state index in [-0.39, 0.29) is 37.7 Å². The number of carboxylic acids is 2. The van der Waals surface area contributed by atoms with Crippen LogP contribution in [-0.4, -0.2) is 81.8 Å². The van der Waals surface area contributed by atoms with Crippen LogP contribution in [0.2, 0.25) is 0 Å². The lowest BCUT2D eigenvalue weighted by Crippen LogP contribution is -2.56. The van der Waals surface area contributed by atoms with Gasteiger partial charge in [-0.15, -0.1) is 0 Å². The number of hydrogen-bond donors (Lipinski definition) is 6. The number of rotatable bonds is 42. The van der Waals surface area contributed by atoms with E-state index in [0.717, 1.165) is 38.5 Å². The maximum absolute atomic E-state index is 12.9. The van der Waals surface area contributed by atoms with Crippen molar-refractivity contribution in [3.8, 4) is 0 Å². The molecule has 13 nitrogen and oxygen atoms in total. The van der Waals surface area contributed by atoms with Gasteiger partial charge < -0.3 is 36.0 Å². The van der Waals surface area contributed by atoms with Crippen molar-refractivity contribution in [2.45, 2.75) is 251 Å². The van der Waals surface area contributed by atoms with Crippen molar-refractivity contribution >= 4 is 35.6 Å². The Kier molecular flexibility index (Phi) is 36.8. The zero-order chi connectivity index (χ0) is 43.9. The van der Waals surface area contributed by atoms with Gasteiger partial charge in [-0.3, -0.25) is 24.0 Å². The van der Waals surface area contributed by atoms with Crippen molar-refractivity contribution < 1.29 is 48.8 Å². The first-order valence-electron chi connectivity index (χ1n) is 23.6. The molecular weight excluding hydrogens is 755 g/mol. The number of carbonyl (C=O) groups is 6. The zero-order valence-electron chi connectivity index (χ0n) is 37.3. The third kappa shape index (κ3) is 35.3. The van der Waals surface area contributed by atoms with Gasteiger partial charge in [0.2, 0.25) is 17.7 Å². The molecule has 0 rings (SSSR count). The van der Waals surface area contributed by atoms with Gasteiger partial charge in [-0.1, -0.05) is 168 Å². The number of esters is 1. The average Bonchev–Trinajstić information content (AvgIpc) is 3.18. The number of hydrogen-bond acceptors (Lipinski definition) is 8. The molecule has 6 N–H and O–H groups in total. The summed E-state index contributed by atoms with van der Waals surface area (Å²) in [6.45, 7) is 5.65. The second-order valence-corrected chi connectivity index (χ2v) is 16.6. The van der Waals surface area contributed by atoms with Crippen molar-refractivity contribution in [3.63, 3.8) is 0 Å². The number of carbonyl (C=O) groups excluding carboxylic acids is 4. The van der Waals surface area contributed by atoms with Crippen molar-refractivity contribution in [2.75, 3.05) is 6.54 Å². The molecule has 13 heteroatoms. The normalized spacial score (nSPS) is 13.2. The number of nitrogens with one attached hydrogen (secondary N) is 3. The van der Waals surface area contributed by atoms with Gasteiger partial charge in [0.25, 0.3) is 0 Å². The molecule has 4 atom stereocenters. The Hall–Kier alpha value is -3.22. The number of unbranched alkanes of at least 4 members (excludes halogenated alkanes) is 24. The lowest BCUT2D eigenvalue weighted by atomic mass is 10.0. The van der Waals surface area contributed by atoms with E-state index in [0.29, 0.717) is 12.8 Å². The lowest BCUT2D eigenvalue weighted by Gasteiger charge is -2.23. The van der Waals surface area contributed by atoms with Crippen LogP contribution >= 0.6 is 0 Å². The Morgan fingerprint density at radius 2 is 0.966 bits per heavy atom. The van der Waals surface area contributed by atoms with Crippen LogP contribution in [0, 0.1) is 0 Å². The third-order valence-corrected chi connectivity index (χ3v) is 10.8. The van der Waals surface area contributed by atoms with Gasteiger partial charge in [-0.25, -0.2) is 4.79 Å². The van der Waals surface area contributed by atoms with Crippen molar-refractivity contribution in [1.29, 1.82) is 0 Å². The summed E-state index contributed by atoms with van der Waals surface area (Å²) in [5, 5.41) is 35.5. The third-order valence-electron chi connectivity index (χ3n) is 10.8. The highest BCUT2D eigenvalue weighted by molar-refractivity contribution is 5.91. The molecule has 0 saturated heterocycles. The highest BCUT2D eigenvalue weighted by Crippen LogP contribution is 2.17. The van der Waals surface area contributed by atoms with Crippen molar-refractivity contribution in [3.05, 3.63) is 0 Å².